The van der Waals surface area contributed by atoms with E-state index in [1.54, 1.807) is 25.2 Å². The van der Waals surface area contributed by atoms with E-state index < -0.39 is 0 Å². The number of aliphatic hydroxyl groups excluding tert-OH is 1. The summed E-state index contributed by atoms with van der Waals surface area (Å²) < 4.78 is 10.6. The molecule has 2 rings (SSSR count). The number of rotatable bonds is 7. The van der Waals surface area contributed by atoms with Gasteiger partial charge in [0.2, 0.25) is 0 Å². The van der Waals surface area contributed by atoms with Crippen LogP contribution in [-0.2, 0) is 4.74 Å². The lowest BCUT2D eigenvalue weighted by Crippen LogP contribution is -2.30. The van der Waals surface area contributed by atoms with Gasteiger partial charge in [0.1, 0.15) is 17.4 Å². The van der Waals surface area contributed by atoms with E-state index in [9.17, 15) is 4.79 Å². The van der Waals surface area contributed by atoms with E-state index in [0.29, 0.717) is 23.6 Å². The SMILES string of the molecule is Cc1noc(C)c1C(=O)NC[C@H](OCCO)c1cccs1. The number of aryl methyl sites for hydroxylation is 2. The van der Waals surface area contributed by atoms with Crippen LogP contribution in [0.3, 0.4) is 0 Å². The molecule has 0 unspecified atom stereocenters. The molecule has 6 nitrogen and oxygen atoms in total. The molecule has 0 aliphatic heterocycles. The normalized spacial score (nSPS) is 12.3. The highest BCUT2D eigenvalue weighted by molar-refractivity contribution is 7.10. The lowest BCUT2D eigenvalue weighted by atomic mass is 10.2. The minimum atomic E-state index is -0.276. The fraction of sp³-hybridized carbons (Fsp3) is 0.429. The third-order valence-corrected chi connectivity index (χ3v) is 3.94. The molecule has 0 saturated heterocycles. The molecule has 2 aromatic rings. The van der Waals surface area contributed by atoms with Crippen molar-refractivity contribution in [3.8, 4) is 0 Å². The quantitative estimate of drug-likeness (QED) is 0.815. The zero-order valence-corrected chi connectivity index (χ0v) is 12.8. The van der Waals surface area contributed by atoms with Crippen molar-refractivity contribution >= 4 is 17.2 Å². The second kappa shape index (κ2) is 7.35. The molecule has 0 aliphatic rings. The number of hydrogen-bond acceptors (Lipinski definition) is 6. The molecular formula is C14H18N2O4S. The van der Waals surface area contributed by atoms with Crippen molar-refractivity contribution < 1.29 is 19.2 Å². The first-order valence-corrected chi connectivity index (χ1v) is 7.48. The Morgan fingerprint density at radius 2 is 2.38 bits per heavy atom. The van der Waals surface area contributed by atoms with Crippen LogP contribution in [0.2, 0.25) is 0 Å². The molecule has 2 heterocycles. The average Bonchev–Trinajstić information content (AvgIpc) is 3.09. The zero-order chi connectivity index (χ0) is 15.2. The predicted octanol–water partition coefficient (Wildman–Crippen LogP) is 1.83. The minimum Gasteiger partial charge on any atom is -0.394 e. The van der Waals surface area contributed by atoms with Gasteiger partial charge in [0.15, 0.2) is 0 Å². The maximum Gasteiger partial charge on any atom is 0.256 e. The largest absolute Gasteiger partial charge is 0.394 e. The highest BCUT2D eigenvalue weighted by Gasteiger charge is 2.20. The second-order valence-corrected chi connectivity index (χ2v) is 5.49. The number of aliphatic hydroxyl groups is 1. The summed E-state index contributed by atoms with van der Waals surface area (Å²) in [5.41, 5.74) is 1.02. The Bertz CT molecular complexity index is 560. The number of nitrogens with one attached hydrogen (secondary N) is 1. The predicted molar refractivity (Wildman–Crippen MR) is 78.4 cm³/mol. The molecule has 114 valence electrons. The molecule has 1 amide bonds. The van der Waals surface area contributed by atoms with Crippen molar-refractivity contribution in [2.24, 2.45) is 0 Å². The molecule has 2 N–H and O–H groups in total. The Morgan fingerprint density at radius 3 is 2.95 bits per heavy atom. The fourth-order valence-electron chi connectivity index (χ4n) is 1.99. The standard InChI is InChI=1S/C14H18N2O4S/c1-9-13(10(2)20-16-9)14(18)15-8-11(19-6-5-17)12-4-3-7-21-12/h3-4,7,11,17H,5-6,8H2,1-2H3,(H,15,18)/t11-/m0/s1. The second-order valence-electron chi connectivity index (χ2n) is 4.51. The van der Waals surface area contributed by atoms with E-state index >= 15 is 0 Å². The molecule has 7 heteroatoms. The first kappa shape index (κ1) is 15.7. The average molecular weight is 310 g/mol. The Labute approximate surface area is 126 Å². The van der Waals surface area contributed by atoms with Crippen LogP contribution >= 0.6 is 11.3 Å². The number of carbonyl (C=O) groups is 1. The highest BCUT2D eigenvalue weighted by atomic mass is 32.1. The number of nitrogens with zero attached hydrogens (tertiary/aromatic N) is 1. The van der Waals surface area contributed by atoms with Crippen LogP contribution in [0.4, 0.5) is 0 Å². The van der Waals surface area contributed by atoms with Crippen LogP contribution in [0, 0.1) is 13.8 Å². The molecule has 2 aromatic heterocycles. The molecule has 21 heavy (non-hydrogen) atoms. The van der Waals surface area contributed by atoms with Crippen molar-refractivity contribution in [1.82, 2.24) is 10.5 Å². The Balaban J connectivity index is 2.00. The van der Waals surface area contributed by atoms with Crippen LogP contribution in [-0.4, -0.2) is 35.9 Å². The van der Waals surface area contributed by atoms with Crippen molar-refractivity contribution in [3.63, 3.8) is 0 Å². The molecular weight excluding hydrogens is 292 g/mol. The summed E-state index contributed by atoms with van der Waals surface area (Å²) in [6.45, 7) is 3.92. The Kier molecular flexibility index (Phi) is 5.49. The van der Waals surface area contributed by atoms with E-state index in [-0.39, 0.29) is 25.2 Å². The van der Waals surface area contributed by atoms with Crippen LogP contribution in [0.5, 0.6) is 0 Å². The van der Waals surface area contributed by atoms with Gasteiger partial charge in [-0.2, -0.15) is 0 Å². The van der Waals surface area contributed by atoms with Crippen molar-refractivity contribution in [1.29, 1.82) is 0 Å². The van der Waals surface area contributed by atoms with Crippen LogP contribution in [0.25, 0.3) is 0 Å². The maximum atomic E-state index is 12.2. The number of aromatic nitrogens is 1. The first-order valence-electron chi connectivity index (χ1n) is 6.60. The maximum absolute atomic E-state index is 12.2. The number of carbonyl (C=O) groups excluding carboxylic acids is 1. The fourth-order valence-corrected chi connectivity index (χ4v) is 2.77. The summed E-state index contributed by atoms with van der Waals surface area (Å²) in [5, 5.41) is 17.4. The Morgan fingerprint density at radius 1 is 1.57 bits per heavy atom. The third-order valence-electron chi connectivity index (χ3n) is 2.98. The molecule has 0 spiro atoms. The van der Waals surface area contributed by atoms with Gasteiger partial charge in [0, 0.05) is 11.4 Å². The van der Waals surface area contributed by atoms with E-state index in [0.717, 1.165) is 4.88 Å². The minimum absolute atomic E-state index is 0.0559. The number of thiophene rings is 1. The third kappa shape index (κ3) is 3.90. The van der Waals surface area contributed by atoms with E-state index in [1.807, 2.05) is 17.5 Å². The molecule has 0 fully saturated rings. The highest BCUT2D eigenvalue weighted by Crippen LogP contribution is 2.22. The molecule has 0 bridgehead atoms. The van der Waals surface area contributed by atoms with E-state index in [4.69, 9.17) is 14.4 Å². The summed E-state index contributed by atoms with van der Waals surface area (Å²) in [6, 6.07) is 3.86. The summed E-state index contributed by atoms with van der Waals surface area (Å²) >= 11 is 1.55. The molecule has 0 aliphatic carbocycles. The van der Waals surface area contributed by atoms with Gasteiger partial charge in [-0.3, -0.25) is 4.79 Å². The van der Waals surface area contributed by atoms with Crippen LogP contribution in [0.1, 0.15) is 32.8 Å². The topological polar surface area (TPSA) is 84.6 Å². The van der Waals surface area contributed by atoms with E-state index in [1.165, 1.54) is 0 Å². The van der Waals surface area contributed by atoms with Crippen molar-refractivity contribution in [2.45, 2.75) is 20.0 Å². The van der Waals surface area contributed by atoms with Gasteiger partial charge in [-0.25, -0.2) is 0 Å². The first-order chi connectivity index (χ1) is 10.1. The molecule has 0 saturated carbocycles. The number of hydrogen-bond donors (Lipinski definition) is 2. The van der Waals surface area contributed by atoms with Crippen LogP contribution in [0.15, 0.2) is 22.0 Å². The van der Waals surface area contributed by atoms with Gasteiger partial charge in [-0.05, 0) is 25.3 Å². The van der Waals surface area contributed by atoms with Gasteiger partial charge in [-0.15, -0.1) is 11.3 Å². The lowest BCUT2D eigenvalue weighted by molar-refractivity contribution is 0.0296. The van der Waals surface area contributed by atoms with Crippen molar-refractivity contribution in [3.05, 3.63) is 39.4 Å². The summed E-state index contributed by atoms with van der Waals surface area (Å²) in [6.07, 6.45) is -0.276. The van der Waals surface area contributed by atoms with Crippen molar-refractivity contribution in [2.75, 3.05) is 19.8 Å². The van der Waals surface area contributed by atoms with Gasteiger partial charge in [0.05, 0.1) is 18.9 Å². The van der Waals surface area contributed by atoms with Gasteiger partial charge in [-0.1, -0.05) is 11.2 Å². The molecule has 0 aromatic carbocycles. The van der Waals surface area contributed by atoms with Crippen LogP contribution < -0.4 is 5.32 Å². The van der Waals surface area contributed by atoms with Gasteiger partial charge in [0.25, 0.3) is 5.91 Å². The van der Waals surface area contributed by atoms with Gasteiger partial charge >= 0.3 is 0 Å². The monoisotopic (exact) mass is 310 g/mol. The number of ether oxygens (including phenoxy) is 1. The zero-order valence-electron chi connectivity index (χ0n) is 12.0. The summed E-state index contributed by atoms with van der Waals surface area (Å²) in [7, 11) is 0. The summed E-state index contributed by atoms with van der Waals surface area (Å²) in [5.74, 6) is 0.259. The Hall–Kier alpha value is -1.70. The summed E-state index contributed by atoms with van der Waals surface area (Å²) in [4.78, 5) is 13.2. The van der Waals surface area contributed by atoms with E-state index in [2.05, 4.69) is 10.5 Å². The molecule has 0 radical (unpaired) electrons. The molecule has 1 atom stereocenters. The lowest BCUT2D eigenvalue weighted by Gasteiger charge is -2.16. The van der Waals surface area contributed by atoms with Gasteiger partial charge < -0.3 is 19.7 Å². The smallest absolute Gasteiger partial charge is 0.256 e. The number of amides is 1.